The van der Waals surface area contributed by atoms with Gasteiger partial charge >= 0.3 is 0 Å². The standard InChI is InChI=1S/C10H18N2O2/c1-8(10(14)11-2)12-6-4-3-5-9(12)7-13/h7-9H,3-6H2,1-2H3,(H,11,14). The average molecular weight is 198 g/mol. The number of aldehydes is 1. The molecule has 0 bridgehead atoms. The number of likely N-dealkylation sites (N-methyl/N-ethyl adjacent to an activating group) is 1. The van der Waals surface area contributed by atoms with Crippen LogP contribution in [-0.2, 0) is 9.59 Å². The minimum absolute atomic E-state index is 0.0150. The Morgan fingerprint density at radius 2 is 2.29 bits per heavy atom. The van der Waals surface area contributed by atoms with E-state index in [0.29, 0.717) is 0 Å². The first-order chi connectivity index (χ1) is 6.70. The molecule has 4 nitrogen and oxygen atoms in total. The lowest BCUT2D eigenvalue weighted by molar-refractivity contribution is -0.128. The maximum absolute atomic E-state index is 11.4. The molecule has 2 unspecified atom stereocenters. The van der Waals surface area contributed by atoms with E-state index in [4.69, 9.17) is 0 Å². The van der Waals surface area contributed by atoms with E-state index < -0.39 is 0 Å². The zero-order chi connectivity index (χ0) is 10.6. The van der Waals surface area contributed by atoms with Gasteiger partial charge in [0, 0.05) is 7.05 Å². The Balaban J connectivity index is 2.62. The van der Waals surface area contributed by atoms with Crippen LogP contribution in [0.1, 0.15) is 26.2 Å². The van der Waals surface area contributed by atoms with Crippen LogP contribution < -0.4 is 5.32 Å². The largest absolute Gasteiger partial charge is 0.358 e. The summed E-state index contributed by atoms with van der Waals surface area (Å²) in [6.07, 6.45) is 4.00. The van der Waals surface area contributed by atoms with E-state index in [-0.39, 0.29) is 18.0 Å². The minimum Gasteiger partial charge on any atom is -0.358 e. The zero-order valence-corrected chi connectivity index (χ0v) is 8.82. The Kier molecular flexibility index (Phi) is 4.07. The highest BCUT2D eigenvalue weighted by Crippen LogP contribution is 2.18. The van der Waals surface area contributed by atoms with Crippen molar-refractivity contribution in [3.63, 3.8) is 0 Å². The summed E-state index contributed by atoms with van der Waals surface area (Å²) >= 11 is 0. The Morgan fingerprint density at radius 1 is 1.57 bits per heavy atom. The molecular weight excluding hydrogens is 180 g/mol. The Hall–Kier alpha value is -0.900. The fourth-order valence-electron chi connectivity index (χ4n) is 1.97. The van der Waals surface area contributed by atoms with E-state index in [1.165, 1.54) is 0 Å². The van der Waals surface area contributed by atoms with Crippen molar-refractivity contribution in [2.45, 2.75) is 38.3 Å². The molecule has 2 atom stereocenters. The van der Waals surface area contributed by atoms with Crippen LogP contribution in [-0.4, -0.2) is 42.8 Å². The summed E-state index contributed by atoms with van der Waals surface area (Å²) in [4.78, 5) is 24.2. The summed E-state index contributed by atoms with van der Waals surface area (Å²) in [5.41, 5.74) is 0. The number of piperidine rings is 1. The maximum Gasteiger partial charge on any atom is 0.236 e. The lowest BCUT2D eigenvalue weighted by Gasteiger charge is -2.35. The number of carbonyl (C=O) groups is 2. The van der Waals surface area contributed by atoms with Gasteiger partial charge in [-0.3, -0.25) is 9.69 Å². The van der Waals surface area contributed by atoms with Crippen molar-refractivity contribution in [3.05, 3.63) is 0 Å². The van der Waals surface area contributed by atoms with Gasteiger partial charge in [0.05, 0.1) is 12.1 Å². The first-order valence-electron chi connectivity index (χ1n) is 5.13. The molecule has 0 saturated carbocycles. The first-order valence-corrected chi connectivity index (χ1v) is 5.13. The molecule has 80 valence electrons. The van der Waals surface area contributed by atoms with Crippen LogP contribution in [0.3, 0.4) is 0 Å². The van der Waals surface area contributed by atoms with Gasteiger partial charge in [0.1, 0.15) is 6.29 Å². The predicted molar refractivity (Wildman–Crippen MR) is 53.9 cm³/mol. The van der Waals surface area contributed by atoms with Gasteiger partial charge in [-0.2, -0.15) is 0 Å². The minimum atomic E-state index is -0.199. The van der Waals surface area contributed by atoms with Crippen molar-refractivity contribution in [1.82, 2.24) is 10.2 Å². The van der Waals surface area contributed by atoms with E-state index in [1.807, 2.05) is 11.8 Å². The molecule has 4 heteroatoms. The number of rotatable bonds is 3. The summed E-state index contributed by atoms with van der Waals surface area (Å²) in [5, 5.41) is 2.61. The van der Waals surface area contributed by atoms with E-state index in [0.717, 1.165) is 32.1 Å². The molecular formula is C10H18N2O2. The Morgan fingerprint density at radius 3 is 2.86 bits per heavy atom. The van der Waals surface area contributed by atoms with Gasteiger partial charge < -0.3 is 10.1 Å². The lowest BCUT2D eigenvalue weighted by Crippen LogP contribution is -2.51. The molecule has 14 heavy (non-hydrogen) atoms. The monoisotopic (exact) mass is 198 g/mol. The number of hydrogen-bond donors (Lipinski definition) is 1. The molecule has 0 aromatic carbocycles. The molecule has 0 radical (unpaired) electrons. The zero-order valence-electron chi connectivity index (χ0n) is 8.82. The topological polar surface area (TPSA) is 49.4 Å². The number of likely N-dealkylation sites (tertiary alicyclic amines) is 1. The van der Waals surface area contributed by atoms with Crippen molar-refractivity contribution in [2.75, 3.05) is 13.6 Å². The van der Waals surface area contributed by atoms with Crippen LogP contribution in [0, 0.1) is 0 Å². The third kappa shape index (κ3) is 2.32. The van der Waals surface area contributed by atoms with E-state index in [9.17, 15) is 9.59 Å². The highest BCUT2D eigenvalue weighted by molar-refractivity contribution is 5.81. The van der Waals surface area contributed by atoms with Crippen molar-refractivity contribution in [2.24, 2.45) is 0 Å². The second-order valence-electron chi connectivity index (χ2n) is 3.73. The fraction of sp³-hybridized carbons (Fsp3) is 0.800. The van der Waals surface area contributed by atoms with Crippen molar-refractivity contribution in [3.8, 4) is 0 Å². The number of amides is 1. The highest BCUT2D eigenvalue weighted by atomic mass is 16.2. The fourth-order valence-corrected chi connectivity index (χ4v) is 1.97. The maximum atomic E-state index is 11.4. The van der Waals surface area contributed by atoms with Gasteiger partial charge in [-0.05, 0) is 26.3 Å². The number of carbonyl (C=O) groups excluding carboxylic acids is 2. The van der Waals surface area contributed by atoms with E-state index in [1.54, 1.807) is 7.05 Å². The van der Waals surface area contributed by atoms with E-state index in [2.05, 4.69) is 5.32 Å². The molecule has 0 aliphatic carbocycles. The van der Waals surface area contributed by atoms with Gasteiger partial charge in [-0.15, -0.1) is 0 Å². The predicted octanol–water partition coefficient (Wildman–Crippen LogP) is 0.174. The average Bonchev–Trinajstić information content (AvgIpc) is 2.26. The second-order valence-corrected chi connectivity index (χ2v) is 3.73. The van der Waals surface area contributed by atoms with Crippen LogP contribution in [0.25, 0.3) is 0 Å². The van der Waals surface area contributed by atoms with Crippen LogP contribution in [0.4, 0.5) is 0 Å². The molecule has 0 aromatic heterocycles. The quantitative estimate of drug-likeness (QED) is 0.658. The summed E-state index contributed by atoms with van der Waals surface area (Å²) < 4.78 is 0. The van der Waals surface area contributed by atoms with Crippen molar-refractivity contribution < 1.29 is 9.59 Å². The molecule has 1 rings (SSSR count). The number of hydrogen-bond acceptors (Lipinski definition) is 3. The number of nitrogens with zero attached hydrogens (tertiary/aromatic N) is 1. The highest BCUT2D eigenvalue weighted by Gasteiger charge is 2.29. The second kappa shape index (κ2) is 5.10. The van der Waals surface area contributed by atoms with Crippen molar-refractivity contribution in [1.29, 1.82) is 0 Å². The summed E-state index contributed by atoms with van der Waals surface area (Å²) in [7, 11) is 1.62. The van der Waals surface area contributed by atoms with Crippen LogP contribution in [0.2, 0.25) is 0 Å². The third-order valence-electron chi connectivity index (χ3n) is 2.87. The molecule has 1 N–H and O–H groups in total. The third-order valence-corrected chi connectivity index (χ3v) is 2.87. The molecule has 1 saturated heterocycles. The molecule has 0 aromatic rings. The van der Waals surface area contributed by atoms with Crippen LogP contribution >= 0.6 is 0 Å². The van der Waals surface area contributed by atoms with Crippen LogP contribution in [0.5, 0.6) is 0 Å². The molecule has 0 spiro atoms. The van der Waals surface area contributed by atoms with Crippen LogP contribution in [0.15, 0.2) is 0 Å². The van der Waals surface area contributed by atoms with Gasteiger partial charge in [0.2, 0.25) is 5.91 Å². The van der Waals surface area contributed by atoms with Gasteiger partial charge in [-0.1, -0.05) is 6.42 Å². The molecule has 1 amide bonds. The molecule has 1 aliphatic rings. The normalized spacial score (nSPS) is 25.4. The SMILES string of the molecule is CNC(=O)C(C)N1CCCCC1C=O. The van der Waals surface area contributed by atoms with Crippen molar-refractivity contribution >= 4 is 12.2 Å². The summed E-state index contributed by atoms with van der Waals surface area (Å²) in [6, 6.07) is -0.272. The van der Waals surface area contributed by atoms with E-state index >= 15 is 0 Å². The summed E-state index contributed by atoms with van der Waals surface area (Å²) in [6.45, 7) is 2.69. The molecule has 1 aliphatic heterocycles. The Labute approximate surface area is 84.7 Å². The van der Waals surface area contributed by atoms with Gasteiger partial charge in [0.25, 0.3) is 0 Å². The first kappa shape index (κ1) is 11.2. The van der Waals surface area contributed by atoms with Gasteiger partial charge in [-0.25, -0.2) is 0 Å². The van der Waals surface area contributed by atoms with Gasteiger partial charge in [0.15, 0.2) is 0 Å². The lowest BCUT2D eigenvalue weighted by atomic mass is 10.0. The summed E-state index contributed by atoms with van der Waals surface area (Å²) in [5.74, 6) is -0.0150. The number of nitrogens with one attached hydrogen (secondary N) is 1. The molecule has 1 heterocycles. The molecule has 1 fully saturated rings. The Bertz CT molecular complexity index is 218. The smallest absolute Gasteiger partial charge is 0.236 e.